The van der Waals surface area contributed by atoms with E-state index in [-0.39, 0.29) is 11.3 Å². The van der Waals surface area contributed by atoms with Gasteiger partial charge in [-0.15, -0.1) is 5.10 Å². The summed E-state index contributed by atoms with van der Waals surface area (Å²) in [5.74, 6) is -1.44. The zero-order chi connectivity index (χ0) is 14.3. The molecule has 0 saturated heterocycles. The minimum atomic E-state index is -1.04. The fraction of sp³-hybridized carbons (Fsp3) is 0.0714. The summed E-state index contributed by atoms with van der Waals surface area (Å²) in [6.45, 7) is 1.80. The van der Waals surface area contributed by atoms with E-state index < -0.39 is 11.8 Å². The fourth-order valence-electron chi connectivity index (χ4n) is 2.02. The molecule has 0 spiro atoms. The minimum absolute atomic E-state index is 0.119. The van der Waals surface area contributed by atoms with Gasteiger partial charge in [-0.2, -0.15) is 0 Å². The Morgan fingerprint density at radius 3 is 2.75 bits per heavy atom. The topological polar surface area (TPSA) is 68.0 Å². The van der Waals surface area contributed by atoms with Crippen molar-refractivity contribution in [2.24, 2.45) is 0 Å². The van der Waals surface area contributed by atoms with Gasteiger partial charge in [0.05, 0.1) is 11.1 Å². The Hall–Kier alpha value is -2.76. The number of carboxylic acids is 1. The number of hydrogen-bond acceptors (Lipinski definition) is 3. The van der Waals surface area contributed by atoms with E-state index in [9.17, 15) is 9.18 Å². The van der Waals surface area contributed by atoms with Gasteiger partial charge in [-0.1, -0.05) is 11.3 Å². The molecular weight excluding hydrogens is 261 g/mol. The summed E-state index contributed by atoms with van der Waals surface area (Å²) in [7, 11) is 0. The lowest BCUT2D eigenvalue weighted by atomic mass is 10.2. The third kappa shape index (κ3) is 1.91. The van der Waals surface area contributed by atoms with Crippen LogP contribution < -0.4 is 0 Å². The van der Waals surface area contributed by atoms with Crippen LogP contribution in [-0.2, 0) is 0 Å². The van der Waals surface area contributed by atoms with Gasteiger partial charge < -0.3 is 5.11 Å². The van der Waals surface area contributed by atoms with E-state index in [1.807, 2.05) is 0 Å². The van der Waals surface area contributed by atoms with Crippen LogP contribution in [0.25, 0.3) is 16.7 Å². The number of hydrogen-bond donors (Lipinski definition) is 1. The molecule has 6 heteroatoms. The summed E-state index contributed by atoms with van der Waals surface area (Å²) in [5, 5.41) is 16.7. The van der Waals surface area contributed by atoms with Crippen LogP contribution >= 0.6 is 0 Å². The first-order chi connectivity index (χ1) is 9.56. The van der Waals surface area contributed by atoms with Crippen LogP contribution in [0.2, 0.25) is 0 Å². The average Bonchev–Trinajstić information content (AvgIpc) is 2.81. The Kier molecular flexibility index (Phi) is 2.71. The first kappa shape index (κ1) is 12.3. The van der Waals surface area contributed by atoms with E-state index in [1.54, 1.807) is 25.1 Å². The second kappa shape index (κ2) is 4.41. The molecule has 0 aliphatic carbocycles. The summed E-state index contributed by atoms with van der Waals surface area (Å²) in [5.41, 5.74) is 2.17. The minimum Gasteiger partial charge on any atom is -0.478 e. The largest absolute Gasteiger partial charge is 0.478 e. The van der Waals surface area contributed by atoms with Crippen LogP contribution in [0.4, 0.5) is 4.39 Å². The van der Waals surface area contributed by atoms with Gasteiger partial charge in [-0.05, 0) is 42.8 Å². The molecule has 0 aliphatic rings. The molecule has 0 radical (unpaired) electrons. The van der Waals surface area contributed by atoms with Crippen molar-refractivity contribution in [3.05, 3.63) is 53.3 Å². The van der Waals surface area contributed by atoms with Gasteiger partial charge in [0.25, 0.3) is 0 Å². The highest BCUT2D eigenvalue weighted by Crippen LogP contribution is 2.20. The molecule has 20 heavy (non-hydrogen) atoms. The van der Waals surface area contributed by atoms with Gasteiger partial charge in [0.2, 0.25) is 0 Å². The molecule has 100 valence electrons. The van der Waals surface area contributed by atoms with E-state index in [4.69, 9.17) is 5.11 Å². The predicted molar refractivity (Wildman–Crippen MR) is 70.5 cm³/mol. The Morgan fingerprint density at radius 1 is 1.25 bits per heavy atom. The number of fused-ring (bicyclic) bond motifs is 1. The molecular formula is C14H10FN3O2. The number of rotatable bonds is 2. The smallest absolute Gasteiger partial charge is 0.335 e. The Labute approximate surface area is 113 Å². The molecule has 0 amide bonds. The number of benzene rings is 2. The van der Waals surface area contributed by atoms with Crippen LogP contribution in [0.15, 0.2) is 36.4 Å². The van der Waals surface area contributed by atoms with Crippen LogP contribution in [0.1, 0.15) is 15.9 Å². The van der Waals surface area contributed by atoms with E-state index in [0.29, 0.717) is 11.0 Å². The van der Waals surface area contributed by atoms with E-state index in [0.717, 1.165) is 5.56 Å². The zero-order valence-electron chi connectivity index (χ0n) is 10.5. The van der Waals surface area contributed by atoms with Crippen molar-refractivity contribution in [3.8, 4) is 5.69 Å². The van der Waals surface area contributed by atoms with Crippen LogP contribution in [0, 0.1) is 12.7 Å². The highest BCUT2D eigenvalue weighted by atomic mass is 19.1. The monoisotopic (exact) mass is 271 g/mol. The third-order valence-electron chi connectivity index (χ3n) is 3.02. The standard InChI is InChI=1S/C14H10FN3O2/c1-8-2-4-12(10(15)6-8)18-13-5-3-9(14(19)20)7-11(13)16-17-18/h2-7H,1H3,(H,19,20). The summed E-state index contributed by atoms with van der Waals surface area (Å²) in [6, 6.07) is 9.22. The lowest BCUT2D eigenvalue weighted by Gasteiger charge is -2.04. The number of halogens is 1. The molecule has 0 bridgehead atoms. The van der Waals surface area contributed by atoms with E-state index in [2.05, 4.69) is 10.3 Å². The Balaban J connectivity index is 2.20. The first-order valence-corrected chi connectivity index (χ1v) is 5.91. The zero-order valence-corrected chi connectivity index (χ0v) is 10.5. The van der Waals surface area contributed by atoms with Gasteiger partial charge in [0.15, 0.2) is 0 Å². The number of carboxylic acid groups (broad SMARTS) is 1. The van der Waals surface area contributed by atoms with Gasteiger partial charge in [0, 0.05) is 0 Å². The SMILES string of the molecule is Cc1ccc(-n2nnc3cc(C(=O)O)ccc32)c(F)c1. The molecule has 0 atom stereocenters. The summed E-state index contributed by atoms with van der Waals surface area (Å²) < 4.78 is 15.3. The van der Waals surface area contributed by atoms with Gasteiger partial charge >= 0.3 is 5.97 Å². The van der Waals surface area contributed by atoms with E-state index >= 15 is 0 Å². The fourth-order valence-corrected chi connectivity index (χ4v) is 2.02. The van der Waals surface area contributed by atoms with Crippen molar-refractivity contribution >= 4 is 17.0 Å². The Bertz CT molecular complexity index is 826. The number of aromatic carboxylic acids is 1. The quantitative estimate of drug-likeness (QED) is 0.777. The first-order valence-electron chi connectivity index (χ1n) is 5.91. The van der Waals surface area contributed by atoms with Gasteiger partial charge in [0.1, 0.15) is 17.0 Å². The predicted octanol–water partition coefficient (Wildman–Crippen LogP) is 2.57. The van der Waals surface area contributed by atoms with Crippen LogP contribution in [0.5, 0.6) is 0 Å². The van der Waals surface area contributed by atoms with Crippen molar-refractivity contribution < 1.29 is 14.3 Å². The summed E-state index contributed by atoms with van der Waals surface area (Å²) >= 11 is 0. The molecule has 0 saturated carbocycles. The molecule has 1 aromatic heterocycles. The Morgan fingerprint density at radius 2 is 2.05 bits per heavy atom. The molecule has 0 unspecified atom stereocenters. The van der Waals surface area contributed by atoms with Crippen LogP contribution in [-0.4, -0.2) is 26.1 Å². The summed E-state index contributed by atoms with van der Waals surface area (Å²) in [4.78, 5) is 10.9. The maximum absolute atomic E-state index is 14.0. The molecule has 0 fully saturated rings. The molecule has 5 nitrogen and oxygen atoms in total. The highest BCUT2D eigenvalue weighted by molar-refractivity contribution is 5.92. The number of nitrogens with zero attached hydrogens (tertiary/aromatic N) is 3. The normalized spacial score (nSPS) is 10.9. The molecule has 2 aromatic carbocycles. The molecule has 3 aromatic rings. The lowest BCUT2D eigenvalue weighted by molar-refractivity contribution is 0.0697. The maximum atomic E-state index is 14.0. The molecule has 1 N–H and O–H groups in total. The lowest BCUT2D eigenvalue weighted by Crippen LogP contribution is -2.00. The number of aromatic nitrogens is 3. The summed E-state index contributed by atoms with van der Waals surface area (Å²) in [6.07, 6.45) is 0. The second-order valence-electron chi connectivity index (χ2n) is 4.46. The second-order valence-corrected chi connectivity index (χ2v) is 4.46. The van der Waals surface area contributed by atoms with Crippen molar-refractivity contribution in [2.45, 2.75) is 6.92 Å². The van der Waals surface area contributed by atoms with Crippen LogP contribution in [0.3, 0.4) is 0 Å². The van der Waals surface area contributed by atoms with Crippen molar-refractivity contribution in [1.29, 1.82) is 0 Å². The maximum Gasteiger partial charge on any atom is 0.335 e. The third-order valence-corrected chi connectivity index (χ3v) is 3.02. The van der Waals surface area contributed by atoms with Crippen molar-refractivity contribution in [1.82, 2.24) is 15.0 Å². The number of aryl methyl sites for hydroxylation is 1. The highest BCUT2D eigenvalue weighted by Gasteiger charge is 2.12. The molecule has 0 aliphatic heterocycles. The van der Waals surface area contributed by atoms with Gasteiger partial charge in [-0.3, -0.25) is 0 Å². The van der Waals surface area contributed by atoms with Crippen molar-refractivity contribution in [3.63, 3.8) is 0 Å². The molecule has 3 rings (SSSR count). The van der Waals surface area contributed by atoms with E-state index in [1.165, 1.54) is 22.9 Å². The van der Waals surface area contributed by atoms with Gasteiger partial charge in [-0.25, -0.2) is 13.9 Å². The number of carbonyl (C=O) groups is 1. The molecule has 1 heterocycles. The van der Waals surface area contributed by atoms with Crippen molar-refractivity contribution in [2.75, 3.05) is 0 Å². The average molecular weight is 271 g/mol.